The summed E-state index contributed by atoms with van der Waals surface area (Å²) in [6.45, 7) is 2.21. The predicted molar refractivity (Wildman–Crippen MR) is 109 cm³/mol. The highest BCUT2D eigenvalue weighted by Crippen LogP contribution is 2.30. The molecule has 1 N–H and O–H groups in total. The molecule has 0 amide bonds. The van der Waals surface area contributed by atoms with Crippen molar-refractivity contribution in [2.24, 2.45) is 5.92 Å². The van der Waals surface area contributed by atoms with Gasteiger partial charge in [0.15, 0.2) is 0 Å². The van der Waals surface area contributed by atoms with Crippen molar-refractivity contribution in [2.75, 3.05) is 14.2 Å². The highest BCUT2D eigenvalue weighted by atomic mass is 19.1. The summed E-state index contributed by atoms with van der Waals surface area (Å²) in [7, 11) is 2.94. The van der Waals surface area contributed by atoms with Crippen LogP contribution < -0.4 is 0 Å². The molecule has 0 aliphatic rings. The van der Waals surface area contributed by atoms with Gasteiger partial charge in [0.1, 0.15) is 11.6 Å². The summed E-state index contributed by atoms with van der Waals surface area (Å²) in [6, 6.07) is 3.67. The van der Waals surface area contributed by atoms with Crippen LogP contribution in [0.3, 0.4) is 0 Å². The lowest BCUT2D eigenvalue weighted by Crippen LogP contribution is -2.42. The van der Waals surface area contributed by atoms with E-state index in [0.29, 0.717) is 12.0 Å². The van der Waals surface area contributed by atoms with E-state index in [1.165, 1.54) is 52.0 Å². The molecule has 1 aromatic rings. The van der Waals surface area contributed by atoms with Crippen LogP contribution in [0.25, 0.3) is 0 Å². The van der Waals surface area contributed by atoms with Crippen molar-refractivity contribution in [3.63, 3.8) is 0 Å². The monoisotopic (exact) mass is 400 g/mol. The fourth-order valence-corrected chi connectivity index (χ4v) is 3.75. The van der Waals surface area contributed by atoms with E-state index in [4.69, 9.17) is 9.47 Å². The van der Waals surface area contributed by atoms with Crippen molar-refractivity contribution in [1.29, 1.82) is 0 Å². The van der Waals surface area contributed by atoms with Crippen LogP contribution in [-0.4, -0.2) is 25.3 Å². The Morgan fingerprint density at radius 2 is 1.32 bits per heavy atom. The van der Waals surface area contributed by atoms with Crippen molar-refractivity contribution in [1.82, 2.24) is 0 Å². The number of ether oxygens (including phenoxy) is 2. The van der Waals surface area contributed by atoms with Gasteiger partial charge in [0.05, 0.1) is 0 Å². The summed E-state index contributed by atoms with van der Waals surface area (Å²) in [6.07, 6.45) is 12.2. The van der Waals surface area contributed by atoms with Gasteiger partial charge in [0.25, 0.3) is 5.97 Å². The number of methoxy groups -OCH3 is 2. The van der Waals surface area contributed by atoms with Gasteiger partial charge < -0.3 is 14.6 Å². The fourth-order valence-electron chi connectivity index (χ4n) is 3.75. The summed E-state index contributed by atoms with van der Waals surface area (Å²) in [5, 5.41) is 10.6. The van der Waals surface area contributed by atoms with Crippen molar-refractivity contribution in [2.45, 2.75) is 89.9 Å². The lowest BCUT2D eigenvalue weighted by molar-refractivity contribution is -0.369. The Balaban J connectivity index is 2.39. The van der Waals surface area contributed by atoms with Gasteiger partial charge in [-0.1, -0.05) is 58.3 Å². The van der Waals surface area contributed by atoms with E-state index in [9.17, 15) is 13.9 Å². The molecule has 0 fully saturated rings. The van der Waals surface area contributed by atoms with Gasteiger partial charge in [-0.3, -0.25) is 0 Å². The summed E-state index contributed by atoms with van der Waals surface area (Å²) in [5.74, 6) is -2.69. The van der Waals surface area contributed by atoms with Gasteiger partial charge >= 0.3 is 0 Å². The van der Waals surface area contributed by atoms with Crippen molar-refractivity contribution in [3.8, 4) is 0 Å². The maximum Gasteiger partial charge on any atom is 0.282 e. The molecule has 1 unspecified atom stereocenters. The molecule has 0 aliphatic heterocycles. The first kappa shape index (κ1) is 25.0. The Labute approximate surface area is 169 Å². The van der Waals surface area contributed by atoms with Crippen LogP contribution in [0.15, 0.2) is 18.2 Å². The minimum atomic E-state index is -1.55. The molecule has 0 heterocycles. The van der Waals surface area contributed by atoms with Crippen molar-refractivity contribution < 1.29 is 23.4 Å². The maximum absolute atomic E-state index is 13.2. The zero-order chi connectivity index (χ0) is 20.8. The third-order valence-electron chi connectivity index (χ3n) is 5.45. The van der Waals surface area contributed by atoms with Crippen LogP contribution in [0.5, 0.6) is 0 Å². The minimum absolute atomic E-state index is 0.0831. The van der Waals surface area contributed by atoms with Crippen molar-refractivity contribution in [3.05, 3.63) is 35.4 Å². The second kappa shape index (κ2) is 14.0. The molecule has 3 nitrogen and oxygen atoms in total. The molecule has 0 saturated heterocycles. The Morgan fingerprint density at radius 3 is 1.86 bits per heavy atom. The quantitative estimate of drug-likeness (QED) is 0.259. The van der Waals surface area contributed by atoms with E-state index in [2.05, 4.69) is 6.92 Å². The lowest BCUT2D eigenvalue weighted by Gasteiger charge is -2.33. The van der Waals surface area contributed by atoms with Crippen LogP contribution >= 0.6 is 0 Å². The lowest BCUT2D eigenvalue weighted by atomic mass is 9.91. The Kier molecular flexibility index (Phi) is 12.5. The number of aryl methyl sites for hydroxylation is 1. The van der Waals surface area contributed by atoms with Gasteiger partial charge in [-0.15, -0.1) is 0 Å². The molecule has 0 spiro atoms. The molecule has 0 aliphatic carbocycles. The molecule has 28 heavy (non-hydrogen) atoms. The number of unbranched alkanes of at least 4 members (excludes halogenated alkanes) is 7. The molecule has 0 saturated carbocycles. The van der Waals surface area contributed by atoms with Crippen LogP contribution in [0.2, 0.25) is 0 Å². The number of halogens is 2. The first-order valence-electron chi connectivity index (χ1n) is 10.7. The van der Waals surface area contributed by atoms with E-state index in [0.717, 1.165) is 51.0 Å². The molecular formula is C23H38F2O3. The molecule has 0 radical (unpaired) electrons. The predicted octanol–water partition coefficient (Wildman–Crippen LogP) is 6.37. The summed E-state index contributed by atoms with van der Waals surface area (Å²) < 4.78 is 37.0. The largest absolute Gasteiger partial charge is 0.343 e. The van der Waals surface area contributed by atoms with E-state index >= 15 is 0 Å². The molecule has 0 aromatic heterocycles. The fraction of sp³-hybridized carbons (Fsp3) is 0.739. The van der Waals surface area contributed by atoms with Crippen LogP contribution in [-0.2, 0) is 15.9 Å². The highest BCUT2D eigenvalue weighted by Gasteiger charge is 2.36. The molecule has 1 atom stereocenters. The SMILES string of the molecule is CCCCCCCCC(CCCCCc1cc(F)cc(F)c1)C(O)(OC)OC. The summed E-state index contributed by atoms with van der Waals surface area (Å²) in [5.41, 5.74) is 0.686. The Hall–Kier alpha value is -1.04. The second-order valence-electron chi connectivity index (χ2n) is 7.67. The smallest absolute Gasteiger partial charge is 0.282 e. The zero-order valence-corrected chi connectivity index (χ0v) is 17.8. The number of hydrogen-bond acceptors (Lipinski definition) is 3. The summed E-state index contributed by atoms with van der Waals surface area (Å²) >= 11 is 0. The second-order valence-corrected chi connectivity index (χ2v) is 7.67. The highest BCUT2D eigenvalue weighted by molar-refractivity contribution is 5.17. The number of aliphatic hydroxyl groups is 1. The standard InChI is InChI=1S/C23H38F2O3/c1-4-5-6-7-8-11-14-20(23(26,27-2)28-3)15-12-9-10-13-19-16-21(24)18-22(25)17-19/h16-18,20,26H,4-15H2,1-3H3. The number of hydrogen-bond donors (Lipinski definition) is 1. The number of benzene rings is 1. The van der Waals surface area contributed by atoms with Gasteiger partial charge in [0, 0.05) is 26.2 Å². The number of rotatable bonds is 16. The molecule has 0 bridgehead atoms. The molecule has 1 aromatic carbocycles. The van der Waals surface area contributed by atoms with Crippen molar-refractivity contribution >= 4 is 0 Å². The van der Waals surface area contributed by atoms with Crippen LogP contribution in [0, 0.1) is 17.6 Å². The van der Waals surface area contributed by atoms with Gasteiger partial charge in [-0.05, 0) is 43.4 Å². The first-order chi connectivity index (χ1) is 13.4. The van der Waals surface area contributed by atoms with E-state index in [1.54, 1.807) is 0 Å². The van der Waals surface area contributed by atoms with Gasteiger partial charge in [0.2, 0.25) is 0 Å². The third kappa shape index (κ3) is 9.44. The Morgan fingerprint density at radius 1 is 0.821 bits per heavy atom. The average molecular weight is 401 g/mol. The zero-order valence-electron chi connectivity index (χ0n) is 17.8. The summed E-state index contributed by atoms with van der Waals surface area (Å²) in [4.78, 5) is 0. The van der Waals surface area contributed by atoms with E-state index < -0.39 is 17.6 Å². The maximum atomic E-state index is 13.2. The van der Waals surface area contributed by atoms with Gasteiger partial charge in [-0.2, -0.15) is 0 Å². The average Bonchev–Trinajstić information content (AvgIpc) is 2.67. The molecule has 162 valence electrons. The van der Waals surface area contributed by atoms with Gasteiger partial charge in [-0.25, -0.2) is 8.78 Å². The topological polar surface area (TPSA) is 38.7 Å². The van der Waals surface area contributed by atoms with E-state index in [-0.39, 0.29) is 5.92 Å². The van der Waals surface area contributed by atoms with Crippen LogP contribution in [0.4, 0.5) is 8.78 Å². The molecule has 5 heteroatoms. The minimum Gasteiger partial charge on any atom is -0.343 e. The van der Waals surface area contributed by atoms with Crippen LogP contribution in [0.1, 0.15) is 83.1 Å². The Bertz CT molecular complexity index is 512. The third-order valence-corrected chi connectivity index (χ3v) is 5.45. The molecule has 1 rings (SSSR count). The normalized spacial score (nSPS) is 13.1. The van der Waals surface area contributed by atoms with E-state index in [1.807, 2.05) is 0 Å². The molecular weight excluding hydrogens is 362 g/mol. The first-order valence-corrected chi connectivity index (χ1v) is 10.7.